The summed E-state index contributed by atoms with van der Waals surface area (Å²) in [5, 5.41) is 4.76. The molecule has 0 fully saturated rings. The van der Waals surface area contributed by atoms with Gasteiger partial charge in [0.15, 0.2) is 4.34 Å². The summed E-state index contributed by atoms with van der Waals surface area (Å²) >= 11 is 2.82. The number of carbonyl (C=O) groups excluding carboxylic acids is 2. The Labute approximate surface area is 168 Å². The van der Waals surface area contributed by atoms with E-state index in [0.29, 0.717) is 24.6 Å². The Kier molecular flexibility index (Phi) is 9.13. The second kappa shape index (κ2) is 11.6. The Morgan fingerprint density at radius 1 is 1.30 bits per heavy atom. The maximum Gasteiger partial charge on any atom is 0.311 e. The molecule has 0 unspecified atom stereocenters. The Bertz CT molecular complexity index is 722. The first-order chi connectivity index (χ1) is 13.1. The first-order valence-corrected chi connectivity index (χ1v) is 10.7. The van der Waals surface area contributed by atoms with Gasteiger partial charge in [-0.05, 0) is 25.5 Å². The van der Waals surface area contributed by atoms with Crippen molar-refractivity contribution in [2.75, 3.05) is 37.4 Å². The summed E-state index contributed by atoms with van der Waals surface area (Å²) in [6.45, 7) is 3.66. The number of thioether (sulfide) groups is 1. The fourth-order valence-electron chi connectivity index (χ4n) is 2.33. The van der Waals surface area contributed by atoms with E-state index in [1.54, 1.807) is 6.92 Å². The third-order valence-electron chi connectivity index (χ3n) is 3.68. The lowest BCUT2D eigenvalue weighted by Crippen LogP contribution is -2.29. The fourth-order valence-corrected chi connectivity index (χ4v) is 4.00. The Balaban J connectivity index is 1.61. The second-order valence-electron chi connectivity index (χ2n) is 5.84. The van der Waals surface area contributed by atoms with Gasteiger partial charge < -0.3 is 15.0 Å². The predicted octanol–water partition coefficient (Wildman–Crippen LogP) is 2.98. The highest BCUT2D eigenvalue weighted by molar-refractivity contribution is 8.01. The van der Waals surface area contributed by atoms with Crippen LogP contribution in [0.1, 0.15) is 19.0 Å². The number of anilines is 1. The summed E-state index contributed by atoms with van der Waals surface area (Å²) in [4.78, 5) is 29.9. The number of ether oxygens (including phenoxy) is 1. The van der Waals surface area contributed by atoms with Gasteiger partial charge in [0.2, 0.25) is 5.91 Å². The summed E-state index contributed by atoms with van der Waals surface area (Å²) in [6, 6.07) is 10.2. The molecule has 27 heavy (non-hydrogen) atoms. The van der Waals surface area contributed by atoms with Crippen molar-refractivity contribution in [3.05, 3.63) is 41.4 Å². The van der Waals surface area contributed by atoms with E-state index < -0.39 is 0 Å². The minimum Gasteiger partial charge on any atom is -0.466 e. The lowest BCUT2D eigenvalue weighted by atomic mass is 10.3. The van der Waals surface area contributed by atoms with Crippen molar-refractivity contribution in [2.24, 2.45) is 0 Å². The van der Waals surface area contributed by atoms with E-state index in [4.69, 9.17) is 4.74 Å². The van der Waals surface area contributed by atoms with E-state index in [9.17, 15) is 9.59 Å². The third kappa shape index (κ3) is 8.01. The molecule has 0 aliphatic carbocycles. The first-order valence-electron chi connectivity index (χ1n) is 8.84. The summed E-state index contributed by atoms with van der Waals surface area (Å²) < 4.78 is 5.69. The standard InChI is InChI=1S/C19H25N3O3S2/c1-3-25-18(24)12-15-13-26-19(21-15)27-14-17(23)20-10-7-11-22(2)16-8-5-4-6-9-16/h4-6,8-9,13H,3,7,10-12,14H2,1-2H3,(H,20,23). The average molecular weight is 408 g/mol. The van der Waals surface area contributed by atoms with E-state index in [0.717, 1.165) is 17.3 Å². The van der Waals surface area contributed by atoms with Gasteiger partial charge in [0.05, 0.1) is 24.5 Å². The highest BCUT2D eigenvalue weighted by atomic mass is 32.2. The van der Waals surface area contributed by atoms with Crippen molar-refractivity contribution >= 4 is 40.7 Å². The normalized spacial score (nSPS) is 10.4. The zero-order valence-electron chi connectivity index (χ0n) is 15.6. The van der Waals surface area contributed by atoms with Crippen LogP contribution in [0.4, 0.5) is 5.69 Å². The molecular weight excluding hydrogens is 382 g/mol. The van der Waals surface area contributed by atoms with Crippen LogP contribution in [0.3, 0.4) is 0 Å². The van der Waals surface area contributed by atoms with Crippen LogP contribution in [0.25, 0.3) is 0 Å². The van der Waals surface area contributed by atoms with Gasteiger partial charge >= 0.3 is 5.97 Å². The number of amides is 1. The molecule has 1 heterocycles. The van der Waals surface area contributed by atoms with Crippen LogP contribution in [0.2, 0.25) is 0 Å². The number of thiazole rings is 1. The van der Waals surface area contributed by atoms with Gasteiger partial charge in [-0.2, -0.15) is 0 Å². The molecule has 2 rings (SSSR count). The van der Waals surface area contributed by atoms with Crippen LogP contribution in [-0.2, 0) is 20.7 Å². The van der Waals surface area contributed by atoms with E-state index in [1.165, 1.54) is 28.8 Å². The highest BCUT2D eigenvalue weighted by Gasteiger charge is 2.10. The Hall–Kier alpha value is -2.06. The highest BCUT2D eigenvalue weighted by Crippen LogP contribution is 2.22. The molecule has 1 amide bonds. The molecule has 6 nitrogen and oxygen atoms in total. The van der Waals surface area contributed by atoms with Crippen LogP contribution >= 0.6 is 23.1 Å². The van der Waals surface area contributed by atoms with Crippen LogP contribution in [0.15, 0.2) is 40.1 Å². The molecule has 146 valence electrons. The molecule has 0 saturated carbocycles. The quantitative estimate of drug-likeness (QED) is 0.351. The van der Waals surface area contributed by atoms with Gasteiger partial charge in [0.1, 0.15) is 0 Å². The van der Waals surface area contributed by atoms with E-state index >= 15 is 0 Å². The molecule has 2 aromatic rings. The number of aromatic nitrogens is 1. The molecule has 0 aliphatic heterocycles. The average Bonchev–Trinajstić information content (AvgIpc) is 3.11. The fraction of sp³-hybridized carbons (Fsp3) is 0.421. The monoisotopic (exact) mass is 407 g/mol. The van der Waals surface area contributed by atoms with Crippen LogP contribution in [0, 0.1) is 0 Å². The number of nitrogens with zero attached hydrogens (tertiary/aromatic N) is 2. The molecule has 0 radical (unpaired) electrons. The molecule has 8 heteroatoms. The van der Waals surface area contributed by atoms with Gasteiger partial charge in [-0.25, -0.2) is 4.98 Å². The van der Waals surface area contributed by atoms with Gasteiger partial charge in [0.25, 0.3) is 0 Å². The number of esters is 1. The van der Waals surface area contributed by atoms with Crippen LogP contribution < -0.4 is 10.2 Å². The molecule has 0 atom stereocenters. The summed E-state index contributed by atoms with van der Waals surface area (Å²) in [5.74, 6) is 0.0306. The summed E-state index contributed by atoms with van der Waals surface area (Å²) in [5.41, 5.74) is 1.85. The van der Waals surface area contributed by atoms with Crippen molar-refractivity contribution < 1.29 is 14.3 Å². The molecule has 0 aliphatic rings. The van der Waals surface area contributed by atoms with Crippen molar-refractivity contribution in [2.45, 2.75) is 24.1 Å². The van der Waals surface area contributed by atoms with Crippen molar-refractivity contribution in [1.29, 1.82) is 0 Å². The number of carbonyl (C=O) groups is 2. The largest absolute Gasteiger partial charge is 0.466 e. The lowest BCUT2D eigenvalue weighted by Gasteiger charge is -2.19. The van der Waals surface area contributed by atoms with Gasteiger partial charge in [-0.15, -0.1) is 11.3 Å². The molecule has 1 N–H and O–H groups in total. The van der Waals surface area contributed by atoms with E-state index in [2.05, 4.69) is 27.3 Å². The molecule has 0 spiro atoms. The van der Waals surface area contributed by atoms with Gasteiger partial charge in [0, 0.05) is 31.2 Å². The Morgan fingerprint density at radius 3 is 2.81 bits per heavy atom. The first kappa shape index (κ1) is 21.2. The molecular formula is C19H25N3O3S2. The van der Waals surface area contributed by atoms with Crippen LogP contribution in [0.5, 0.6) is 0 Å². The number of hydrogen-bond acceptors (Lipinski definition) is 7. The topological polar surface area (TPSA) is 71.5 Å². The van der Waals surface area contributed by atoms with Crippen molar-refractivity contribution in [1.82, 2.24) is 10.3 Å². The van der Waals surface area contributed by atoms with Crippen molar-refractivity contribution in [3.63, 3.8) is 0 Å². The minimum atomic E-state index is -0.280. The third-order valence-corrected chi connectivity index (χ3v) is 5.75. The Morgan fingerprint density at radius 2 is 2.07 bits per heavy atom. The molecule has 1 aromatic heterocycles. The number of para-hydroxylation sites is 1. The maximum absolute atomic E-state index is 12.0. The molecule has 0 bridgehead atoms. The lowest BCUT2D eigenvalue weighted by molar-refractivity contribution is -0.142. The van der Waals surface area contributed by atoms with E-state index in [1.807, 2.05) is 30.6 Å². The zero-order valence-corrected chi connectivity index (χ0v) is 17.3. The summed E-state index contributed by atoms with van der Waals surface area (Å²) in [6.07, 6.45) is 1.05. The van der Waals surface area contributed by atoms with Crippen LogP contribution in [-0.4, -0.2) is 49.4 Å². The number of rotatable bonds is 11. The SMILES string of the molecule is CCOC(=O)Cc1csc(SCC(=O)NCCCN(C)c2ccccc2)n1. The predicted molar refractivity (Wildman–Crippen MR) is 111 cm³/mol. The minimum absolute atomic E-state index is 0.00972. The van der Waals surface area contributed by atoms with Gasteiger partial charge in [-0.3, -0.25) is 9.59 Å². The zero-order chi connectivity index (χ0) is 19.5. The smallest absolute Gasteiger partial charge is 0.311 e. The summed E-state index contributed by atoms with van der Waals surface area (Å²) in [7, 11) is 2.04. The molecule has 1 aromatic carbocycles. The van der Waals surface area contributed by atoms with E-state index in [-0.39, 0.29) is 18.3 Å². The van der Waals surface area contributed by atoms with Crippen molar-refractivity contribution in [3.8, 4) is 0 Å². The number of benzene rings is 1. The molecule has 0 saturated heterocycles. The number of nitrogens with one attached hydrogen (secondary N) is 1. The van der Waals surface area contributed by atoms with Gasteiger partial charge in [-0.1, -0.05) is 30.0 Å². The maximum atomic E-state index is 12.0. The number of hydrogen-bond donors (Lipinski definition) is 1. The second-order valence-corrected chi connectivity index (χ2v) is 7.92.